The Hall–Kier alpha value is -3.04. The number of hydrogen-bond donors (Lipinski definition) is 0. The van der Waals surface area contributed by atoms with Crippen LogP contribution in [0.4, 0.5) is 0 Å². The van der Waals surface area contributed by atoms with Crippen molar-refractivity contribution in [3.05, 3.63) is 97.3 Å². The van der Waals surface area contributed by atoms with Crippen LogP contribution in [0.1, 0.15) is 0 Å². The van der Waals surface area contributed by atoms with E-state index in [1.165, 1.54) is 21.5 Å². The van der Waals surface area contributed by atoms with Crippen LogP contribution < -0.4 is 10.4 Å². The Labute approximate surface area is 161 Å². The largest absolute Gasteiger partial charge is 0.256 e. The zero-order chi connectivity index (χ0) is 18.7. The molecule has 2 aromatic heterocycles. The topological polar surface area (TPSA) is 25.8 Å². The van der Waals surface area contributed by atoms with Gasteiger partial charge in [0.2, 0.25) is 0 Å². The lowest BCUT2D eigenvalue weighted by Crippen LogP contribution is -2.54. The van der Waals surface area contributed by atoms with E-state index in [-0.39, 0.29) is 0 Å². The third-order valence-electron chi connectivity index (χ3n) is 5.06. The fourth-order valence-corrected chi connectivity index (χ4v) is 6.53. The zero-order valence-electron chi connectivity index (χ0n) is 15.6. The van der Waals surface area contributed by atoms with Crippen molar-refractivity contribution in [1.82, 2.24) is 9.97 Å². The first-order valence-electron chi connectivity index (χ1n) is 9.20. The molecule has 0 saturated heterocycles. The Kier molecular flexibility index (Phi) is 4.69. The van der Waals surface area contributed by atoms with Crippen molar-refractivity contribution in [3.8, 4) is 22.5 Å². The van der Waals surface area contributed by atoms with Gasteiger partial charge in [-0.25, -0.2) is 0 Å². The van der Waals surface area contributed by atoms with Crippen molar-refractivity contribution in [3.63, 3.8) is 0 Å². The maximum Gasteiger partial charge on any atom is 0.117 e. The van der Waals surface area contributed by atoms with Crippen LogP contribution in [0.3, 0.4) is 0 Å². The quantitative estimate of drug-likeness (QED) is 0.492. The summed E-state index contributed by atoms with van der Waals surface area (Å²) in [6, 6.07) is 29.5. The lowest BCUT2D eigenvalue weighted by Gasteiger charge is -2.27. The minimum absolute atomic E-state index is 1.08. The maximum absolute atomic E-state index is 4.76. The molecule has 2 heterocycles. The Balaban J connectivity index is 1.90. The highest BCUT2D eigenvalue weighted by molar-refractivity contribution is 7.01. The van der Waals surface area contributed by atoms with Crippen LogP contribution >= 0.6 is 0 Å². The van der Waals surface area contributed by atoms with Gasteiger partial charge in [-0.05, 0) is 33.6 Å². The number of benzene rings is 2. The molecule has 3 heteroatoms. The van der Waals surface area contributed by atoms with Gasteiger partial charge in [-0.2, -0.15) is 0 Å². The molecule has 0 spiro atoms. The SMILES string of the molecule is C[Si](C)(c1cccnc1-c1ccccc1)c1cccnc1-c1ccccc1. The van der Waals surface area contributed by atoms with E-state index in [0.29, 0.717) is 0 Å². The summed E-state index contributed by atoms with van der Waals surface area (Å²) in [5.74, 6) is 0. The standard InChI is InChI=1S/C24H22N2Si/c1-27(2,21-15-9-17-25-23(21)19-11-5-3-6-12-19)22-16-10-18-26-24(22)20-13-7-4-8-14-20/h3-18H,1-2H3. The molecule has 0 bridgehead atoms. The molecule has 2 nitrogen and oxygen atoms in total. The third-order valence-corrected chi connectivity index (χ3v) is 8.56. The number of aromatic nitrogens is 2. The molecule has 0 unspecified atom stereocenters. The Morgan fingerprint density at radius 3 is 1.33 bits per heavy atom. The molecule has 0 amide bonds. The fourth-order valence-electron chi connectivity index (χ4n) is 3.62. The first-order valence-corrected chi connectivity index (χ1v) is 12.2. The molecule has 4 aromatic rings. The summed E-state index contributed by atoms with van der Waals surface area (Å²) in [7, 11) is -2.04. The molecule has 0 aliphatic rings. The molecule has 0 N–H and O–H groups in total. The lowest BCUT2D eigenvalue weighted by atomic mass is 10.1. The van der Waals surface area contributed by atoms with Crippen molar-refractivity contribution >= 4 is 18.4 Å². The van der Waals surface area contributed by atoms with Gasteiger partial charge in [-0.1, -0.05) is 85.9 Å². The molecule has 4 rings (SSSR count). The Bertz CT molecular complexity index is 959. The highest BCUT2D eigenvalue weighted by atomic mass is 28.3. The van der Waals surface area contributed by atoms with Crippen LogP contribution in [0.5, 0.6) is 0 Å². The summed E-state index contributed by atoms with van der Waals surface area (Å²) >= 11 is 0. The van der Waals surface area contributed by atoms with Gasteiger partial charge >= 0.3 is 0 Å². The van der Waals surface area contributed by atoms with Crippen molar-refractivity contribution in [2.75, 3.05) is 0 Å². The van der Waals surface area contributed by atoms with Gasteiger partial charge in [0.15, 0.2) is 0 Å². The number of nitrogens with zero attached hydrogens (tertiary/aromatic N) is 2. The predicted molar refractivity (Wildman–Crippen MR) is 116 cm³/mol. The van der Waals surface area contributed by atoms with Crippen LogP contribution in [0.2, 0.25) is 13.1 Å². The normalized spacial score (nSPS) is 11.3. The minimum Gasteiger partial charge on any atom is -0.256 e. The molecular weight excluding hydrogens is 344 g/mol. The summed E-state index contributed by atoms with van der Waals surface area (Å²) in [5, 5.41) is 2.67. The molecule has 132 valence electrons. The number of pyridine rings is 2. The number of rotatable bonds is 4. The average Bonchev–Trinajstić information content (AvgIpc) is 2.75. The third kappa shape index (κ3) is 3.34. The highest BCUT2D eigenvalue weighted by Crippen LogP contribution is 2.22. The molecule has 0 atom stereocenters. The second-order valence-corrected chi connectivity index (χ2v) is 11.5. The minimum atomic E-state index is -2.04. The van der Waals surface area contributed by atoms with Gasteiger partial charge in [-0.15, -0.1) is 0 Å². The average molecular weight is 367 g/mol. The summed E-state index contributed by atoms with van der Waals surface area (Å²) in [6.07, 6.45) is 3.77. The molecule has 27 heavy (non-hydrogen) atoms. The Morgan fingerprint density at radius 2 is 0.926 bits per heavy atom. The Morgan fingerprint density at radius 1 is 0.519 bits per heavy atom. The molecule has 0 radical (unpaired) electrons. The van der Waals surface area contributed by atoms with Crippen molar-refractivity contribution in [1.29, 1.82) is 0 Å². The first kappa shape index (κ1) is 17.4. The molecule has 2 aromatic carbocycles. The van der Waals surface area contributed by atoms with Crippen LogP contribution in [0.25, 0.3) is 22.5 Å². The second kappa shape index (κ2) is 7.29. The van der Waals surface area contributed by atoms with Gasteiger partial charge in [0.1, 0.15) is 8.07 Å². The molecule has 0 aliphatic carbocycles. The highest BCUT2D eigenvalue weighted by Gasteiger charge is 2.32. The lowest BCUT2D eigenvalue weighted by molar-refractivity contribution is 1.33. The zero-order valence-corrected chi connectivity index (χ0v) is 16.6. The van der Waals surface area contributed by atoms with E-state index in [0.717, 1.165) is 11.4 Å². The van der Waals surface area contributed by atoms with Gasteiger partial charge in [0.25, 0.3) is 0 Å². The van der Waals surface area contributed by atoms with E-state index in [1.807, 2.05) is 24.5 Å². The van der Waals surface area contributed by atoms with Crippen LogP contribution in [-0.4, -0.2) is 18.0 Å². The summed E-state index contributed by atoms with van der Waals surface area (Å²) in [4.78, 5) is 9.51. The summed E-state index contributed by atoms with van der Waals surface area (Å²) in [5.41, 5.74) is 4.49. The fraction of sp³-hybridized carbons (Fsp3) is 0.0833. The van der Waals surface area contributed by atoms with Gasteiger partial charge in [0, 0.05) is 12.4 Å². The monoisotopic (exact) mass is 366 g/mol. The van der Waals surface area contributed by atoms with E-state index in [9.17, 15) is 0 Å². The van der Waals surface area contributed by atoms with E-state index in [4.69, 9.17) is 9.97 Å². The van der Waals surface area contributed by atoms with Crippen molar-refractivity contribution in [2.45, 2.75) is 13.1 Å². The second-order valence-electron chi connectivity index (χ2n) is 7.16. The van der Waals surface area contributed by atoms with Crippen molar-refractivity contribution < 1.29 is 0 Å². The molecular formula is C24H22N2Si. The van der Waals surface area contributed by atoms with E-state index in [1.54, 1.807) is 0 Å². The van der Waals surface area contributed by atoms with Gasteiger partial charge < -0.3 is 0 Å². The van der Waals surface area contributed by atoms with Crippen LogP contribution in [0, 0.1) is 0 Å². The smallest absolute Gasteiger partial charge is 0.117 e. The van der Waals surface area contributed by atoms with Crippen LogP contribution in [-0.2, 0) is 0 Å². The number of hydrogen-bond acceptors (Lipinski definition) is 2. The van der Waals surface area contributed by atoms with E-state index < -0.39 is 8.07 Å². The molecule has 0 saturated carbocycles. The molecule has 0 fully saturated rings. The van der Waals surface area contributed by atoms with Gasteiger partial charge in [-0.3, -0.25) is 9.97 Å². The summed E-state index contributed by atoms with van der Waals surface area (Å²) < 4.78 is 0. The van der Waals surface area contributed by atoms with Gasteiger partial charge in [0.05, 0.1) is 11.4 Å². The van der Waals surface area contributed by atoms with Crippen molar-refractivity contribution in [2.24, 2.45) is 0 Å². The first-order chi connectivity index (χ1) is 13.2. The summed E-state index contributed by atoms with van der Waals surface area (Å²) in [6.45, 7) is 4.78. The maximum atomic E-state index is 4.76. The van der Waals surface area contributed by atoms with E-state index in [2.05, 4.69) is 85.9 Å². The predicted octanol–water partition coefficient (Wildman–Crippen LogP) is 4.63. The van der Waals surface area contributed by atoms with Crippen LogP contribution in [0.15, 0.2) is 97.3 Å². The molecule has 0 aliphatic heterocycles. The van der Waals surface area contributed by atoms with E-state index >= 15 is 0 Å².